The van der Waals surface area contributed by atoms with Gasteiger partial charge in [-0.05, 0) is 29.3 Å². The second kappa shape index (κ2) is 3.00. The van der Waals surface area contributed by atoms with E-state index >= 15 is 0 Å². The van der Waals surface area contributed by atoms with Crippen molar-refractivity contribution in [2.45, 2.75) is 4.90 Å². The second-order valence-corrected chi connectivity index (χ2v) is 3.64. The van der Waals surface area contributed by atoms with Crippen molar-refractivity contribution in [1.29, 1.82) is 10.8 Å². The highest BCUT2D eigenvalue weighted by Gasteiger charge is 2.23. The van der Waals surface area contributed by atoms with Crippen LogP contribution >= 0.6 is 0 Å². The van der Waals surface area contributed by atoms with E-state index in [0.29, 0.717) is 11.1 Å². The molecule has 0 saturated carbocycles. The molecule has 0 bridgehead atoms. The summed E-state index contributed by atoms with van der Waals surface area (Å²) in [5.74, 6) is -0.300. The Hall–Kier alpha value is -1.53. The van der Waals surface area contributed by atoms with Crippen LogP contribution in [-0.2, 0) is 15.8 Å². The number of hydrogen-bond donors (Lipinski definition) is 2. The lowest BCUT2D eigenvalue weighted by molar-refractivity contribution is 0.537. The molecule has 2 rings (SSSR count). The maximum atomic E-state index is 10.6. The van der Waals surface area contributed by atoms with Gasteiger partial charge in [-0.15, -0.1) is 0 Å². The molecule has 14 heavy (non-hydrogen) atoms. The Bertz CT molecular complexity index is 470. The Morgan fingerprint density at radius 3 is 2.50 bits per heavy atom. The van der Waals surface area contributed by atoms with Crippen molar-refractivity contribution in [3.05, 3.63) is 29.3 Å². The largest absolute Gasteiger partial charge is 0.768 e. The number of rotatable bonds is 1. The molecule has 5 nitrogen and oxygen atoms in total. The fourth-order valence-electron chi connectivity index (χ4n) is 1.22. The van der Waals surface area contributed by atoms with Gasteiger partial charge in [0.2, 0.25) is 11.8 Å². The molecule has 1 aromatic rings. The summed E-state index contributed by atoms with van der Waals surface area (Å²) in [4.78, 5) is 0.0896. The van der Waals surface area contributed by atoms with Gasteiger partial charge in [-0.25, -0.2) is 0 Å². The molecule has 0 fully saturated rings. The van der Waals surface area contributed by atoms with Crippen LogP contribution in [0.1, 0.15) is 11.1 Å². The maximum absolute atomic E-state index is 10.6. The molecule has 2 N–H and O–H groups in total. The van der Waals surface area contributed by atoms with E-state index < -0.39 is 11.1 Å². The molecular formula is C8H5N2O3S-. The van der Waals surface area contributed by atoms with E-state index in [9.17, 15) is 8.76 Å². The first-order chi connectivity index (χ1) is 6.59. The predicted octanol–water partition coefficient (Wildman–Crippen LogP) is 0.606. The summed E-state index contributed by atoms with van der Waals surface area (Å²) in [6.45, 7) is 0. The molecule has 1 aliphatic heterocycles. The van der Waals surface area contributed by atoms with Gasteiger partial charge in [0.15, 0.2) is 0 Å². The first kappa shape index (κ1) is 9.04. The molecule has 0 aliphatic carbocycles. The highest BCUT2D eigenvalue weighted by atomic mass is 32.2. The van der Waals surface area contributed by atoms with Gasteiger partial charge in [0.05, 0.1) is 5.56 Å². The summed E-state index contributed by atoms with van der Waals surface area (Å²) in [5.41, 5.74) is 0.793. The molecule has 1 heterocycles. The van der Waals surface area contributed by atoms with Crippen LogP contribution in [-0.4, -0.2) is 20.6 Å². The normalized spacial score (nSPS) is 16.4. The van der Waals surface area contributed by atoms with E-state index in [2.05, 4.69) is 0 Å². The minimum atomic E-state index is -2.32. The molecular weight excluding hydrogens is 204 g/mol. The van der Waals surface area contributed by atoms with E-state index in [1.54, 1.807) is 0 Å². The molecule has 6 heteroatoms. The molecule has 1 atom stereocenters. The summed E-state index contributed by atoms with van der Waals surface area (Å²) in [6.07, 6.45) is 0. The molecule has 0 amide bonds. The van der Waals surface area contributed by atoms with Crippen molar-refractivity contribution in [2.24, 2.45) is 0 Å². The zero-order chi connectivity index (χ0) is 10.3. The smallest absolute Gasteiger partial charge is 0.222 e. The van der Waals surface area contributed by atoms with Gasteiger partial charge in [0.1, 0.15) is 0 Å². The highest BCUT2D eigenvalue weighted by Crippen LogP contribution is 2.21. The fourth-order valence-corrected chi connectivity index (χ4v) is 1.62. The van der Waals surface area contributed by atoms with Gasteiger partial charge in [-0.1, -0.05) is 0 Å². The summed E-state index contributed by atoms with van der Waals surface area (Å²) in [7, 11) is 0. The van der Waals surface area contributed by atoms with Crippen molar-refractivity contribution in [3.63, 3.8) is 0 Å². The molecule has 1 aliphatic rings. The van der Waals surface area contributed by atoms with Crippen LogP contribution in [0.3, 0.4) is 0 Å². The van der Waals surface area contributed by atoms with Gasteiger partial charge in [-0.3, -0.25) is 15.0 Å². The predicted molar refractivity (Wildman–Crippen MR) is 48.4 cm³/mol. The lowest BCUT2D eigenvalue weighted by atomic mass is 10.1. The number of ether oxygens (including phenoxy) is 1. The van der Waals surface area contributed by atoms with Crippen LogP contribution in [0.15, 0.2) is 23.1 Å². The first-order valence-corrected chi connectivity index (χ1v) is 4.76. The van der Waals surface area contributed by atoms with Gasteiger partial charge >= 0.3 is 0 Å². The Labute approximate surface area is 82.0 Å². The number of hydrogen-bond acceptors (Lipinski definition) is 5. The van der Waals surface area contributed by atoms with Crippen LogP contribution in [0.2, 0.25) is 0 Å². The zero-order valence-corrected chi connectivity index (χ0v) is 7.68. The molecule has 0 aromatic heterocycles. The average molecular weight is 209 g/mol. The standard InChI is InChI=1S/C8H6N2O3S/c9-7-5-2-1-4(14(11)12)3-6(5)8(10)13-7/h1-3,9-10H,(H,11,12)/p-1. The number of nitrogens with one attached hydrogen (secondary N) is 2. The van der Waals surface area contributed by atoms with E-state index in [4.69, 9.17) is 15.6 Å². The van der Waals surface area contributed by atoms with Gasteiger partial charge < -0.3 is 9.29 Å². The SMILES string of the molecule is N=C1OC(=N)c2cc(S(=O)[O-])ccc21. The van der Waals surface area contributed by atoms with Crippen molar-refractivity contribution >= 4 is 22.9 Å². The van der Waals surface area contributed by atoms with Crippen molar-refractivity contribution in [3.8, 4) is 0 Å². The minimum absolute atomic E-state index is 0.0896. The Kier molecular flexibility index (Phi) is 1.94. The Morgan fingerprint density at radius 2 is 1.86 bits per heavy atom. The summed E-state index contributed by atoms with van der Waals surface area (Å²) < 4.78 is 26.0. The van der Waals surface area contributed by atoms with Crippen LogP contribution in [0, 0.1) is 10.8 Å². The van der Waals surface area contributed by atoms with Crippen LogP contribution in [0.5, 0.6) is 0 Å². The summed E-state index contributed by atoms with van der Waals surface area (Å²) in [5, 5.41) is 14.7. The van der Waals surface area contributed by atoms with Gasteiger partial charge in [0.25, 0.3) is 0 Å². The monoisotopic (exact) mass is 209 g/mol. The topological polar surface area (TPSA) is 97.1 Å². The van der Waals surface area contributed by atoms with Crippen molar-refractivity contribution in [1.82, 2.24) is 0 Å². The fraction of sp³-hybridized carbons (Fsp3) is 0. The first-order valence-electron chi connectivity index (χ1n) is 3.68. The molecule has 1 aromatic carbocycles. The van der Waals surface area contributed by atoms with Crippen LogP contribution < -0.4 is 0 Å². The second-order valence-electron chi connectivity index (χ2n) is 2.70. The van der Waals surface area contributed by atoms with Gasteiger partial charge in [0, 0.05) is 10.5 Å². The van der Waals surface area contributed by atoms with Crippen LogP contribution in [0.25, 0.3) is 0 Å². The van der Waals surface area contributed by atoms with E-state index in [1.165, 1.54) is 18.2 Å². The lowest BCUT2D eigenvalue weighted by Crippen LogP contribution is -1.97. The van der Waals surface area contributed by atoms with Crippen LogP contribution in [0.4, 0.5) is 0 Å². The Balaban J connectivity index is 2.61. The third kappa shape index (κ3) is 1.24. The molecule has 72 valence electrons. The third-order valence-corrected chi connectivity index (χ3v) is 2.52. The van der Waals surface area contributed by atoms with E-state index in [0.717, 1.165) is 0 Å². The third-order valence-electron chi connectivity index (χ3n) is 1.88. The summed E-state index contributed by atoms with van der Waals surface area (Å²) >= 11 is -2.32. The lowest BCUT2D eigenvalue weighted by Gasteiger charge is -2.05. The maximum Gasteiger partial charge on any atom is 0.222 e. The quantitative estimate of drug-likeness (QED) is 0.663. The summed E-state index contributed by atoms with van der Waals surface area (Å²) in [6, 6.07) is 4.16. The molecule has 1 unspecified atom stereocenters. The molecule has 0 saturated heterocycles. The Morgan fingerprint density at radius 1 is 1.21 bits per heavy atom. The van der Waals surface area contributed by atoms with E-state index in [-0.39, 0.29) is 16.7 Å². The number of benzene rings is 1. The average Bonchev–Trinajstić information content (AvgIpc) is 2.42. The highest BCUT2D eigenvalue weighted by molar-refractivity contribution is 7.79. The molecule has 0 radical (unpaired) electrons. The zero-order valence-electron chi connectivity index (χ0n) is 6.87. The molecule has 0 spiro atoms. The van der Waals surface area contributed by atoms with E-state index in [1.807, 2.05) is 0 Å². The van der Waals surface area contributed by atoms with Crippen molar-refractivity contribution < 1.29 is 13.5 Å². The number of fused-ring (bicyclic) bond motifs is 1. The van der Waals surface area contributed by atoms with Gasteiger partial charge in [-0.2, -0.15) is 0 Å². The van der Waals surface area contributed by atoms with Crippen molar-refractivity contribution in [2.75, 3.05) is 0 Å². The minimum Gasteiger partial charge on any atom is -0.768 e.